The van der Waals surface area contributed by atoms with Crippen LogP contribution in [0.1, 0.15) is 18.4 Å². The number of sulfonamides is 1. The molecule has 0 aromatic heterocycles. The lowest BCUT2D eigenvalue weighted by Crippen LogP contribution is -2.42. The fourth-order valence-corrected chi connectivity index (χ4v) is 3.47. The van der Waals surface area contributed by atoms with Crippen LogP contribution in [0.2, 0.25) is 0 Å². The van der Waals surface area contributed by atoms with Crippen molar-refractivity contribution in [3.8, 4) is 0 Å². The third-order valence-corrected chi connectivity index (χ3v) is 5.41. The molecule has 0 saturated heterocycles. The molecule has 0 saturated carbocycles. The van der Waals surface area contributed by atoms with E-state index in [2.05, 4.69) is 39.4 Å². The molecule has 26 heavy (non-hydrogen) atoms. The minimum absolute atomic E-state index is 0.263. The van der Waals surface area contributed by atoms with Crippen molar-refractivity contribution in [2.75, 3.05) is 26.7 Å². The van der Waals surface area contributed by atoms with E-state index in [4.69, 9.17) is 0 Å². The summed E-state index contributed by atoms with van der Waals surface area (Å²) in [5.41, 5.74) is 1.26. The summed E-state index contributed by atoms with van der Waals surface area (Å²) in [6, 6.07) is 18.6. The van der Waals surface area contributed by atoms with Crippen LogP contribution >= 0.6 is 0 Å². The topological polar surface area (TPSA) is 82.6 Å². The highest BCUT2D eigenvalue weighted by Crippen LogP contribution is 2.12. The number of nitrogens with zero attached hydrogens (tertiary/aromatic N) is 1. The van der Waals surface area contributed by atoms with Crippen LogP contribution in [0.15, 0.2) is 70.6 Å². The average molecular weight is 375 g/mol. The maximum Gasteiger partial charge on any atom is 0.240 e. The second-order valence-electron chi connectivity index (χ2n) is 5.90. The van der Waals surface area contributed by atoms with Crippen LogP contribution < -0.4 is 15.4 Å². The number of hydrogen-bond donors (Lipinski definition) is 3. The molecule has 7 heteroatoms. The van der Waals surface area contributed by atoms with Crippen molar-refractivity contribution < 1.29 is 8.42 Å². The standard InChI is InChI=1S/C19H26N4O2S/c1-16(17-9-5-3-6-10-17)15-22-19(20-2)21-13-14-23-26(24,25)18-11-7-4-8-12-18/h3-12,16,23H,13-15H2,1-2H3,(H2,20,21,22). The highest BCUT2D eigenvalue weighted by Gasteiger charge is 2.12. The fourth-order valence-electron chi connectivity index (χ4n) is 2.42. The van der Waals surface area contributed by atoms with Gasteiger partial charge in [0.2, 0.25) is 10.0 Å². The Balaban J connectivity index is 1.74. The molecule has 0 fully saturated rings. The maximum atomic E-state index is 12.1. The molecule has 0 amide bonds. The lowest BCUT2D eigenvalue weighted by Gasteiger charge is -2.16. The third-order valence-electron chi connectivity index (χ3n) is 3.93. The van der Waals surface area contributed by atoms with Gasteiger partial charge in [-0.15, -0.1) is 0 Å². The Morgan fingerprint density at radius 3 is 2.19 bits per heavy atom. The molecule has 0 heterocycles. The van der Waals surface area contributed by atoms with E-state index in [-0.39, 0.29) is 11.4 Å². The molecular formula is C19H26N4O2S. The first-order chi connectivity index (χ1) is 12.5. The Bertz CT molecular complexity index is 793. The Morgan fingerprint density at radius 2 is 1.58 bits per heavy atom. The number of hydrogen-bond acceptors (Lipinski definition) is 3. The van der Waals surface area contributed by atoms with Crippen LogP contribution in [-0.4, -0.2) is 41.1 Å². The van der Waals surface area contributed by atoms with Gasteiger partial charge in [0.1, 0.15) is 0 Å². The van der Waals surface area contributed by atoms with Crippen molar-refractivity contribution in [3.63, 3.8) is 0 Å². The van der Waals surface area contributed by atoms with Crippen molar-refractivity contribution in [2.45, 2.75) is 17.7 Å². The van der Waals surface area contributed by atoms with Gasteiger partial charge in [-0.05, 0) is 23.6 Å². The van der Waals surface area contributed by atoms with Crippen molar-refractivity contribution in [1.82, 2.24) is 15.4 Å². The molecule has 0 aliphatic carbocycles. The minimum Gasteiger partial charge on any atom is -0.356 e. The van der Waals surface area contributed by atoms with E-state index in [0.717, 1.165) is 6.54 Å². The smallest absolute Gasteiger partial charge is 0.240 e. The van der Waals surface area contributed by atoms with Gasteiger partial charge >= 0.3 is 0 Å². The number of aliphatic imine (C=N–C) groups is 1. The summed E-state index contributed by atoms with van der Waals surface area (Å²) in [5.74, 6) is 0.984. The SMILES string of the molecule is CN=C(NCCNS(=O)(=O)c1ccccc1)NCC(C)c1ccccc1. The van der Waals surface area contributed by atoms with E-state index >= 15 is 0 Å². The summed E-state index contributed by atoms with van der Waals surface area (Å²) < 4.78 is 26.8. The quantitative estimate of drug-likeness (QED) is 0.375. The molecule has 1 unspecified atom stereocenters. The first-order valence-electron chi connectivity index (χ1n) is 8.57. The first-order valence-corrected chi connectivity index (χ1v) is 10.1. The fraction of sp³-hybridized carbons (Fsp3) is 0.316. The Morgan fingerprint density at radius 1 is 0.962 bits per heavy atom. The number of benzene rings is 2. The average Bonchev–Trinajstić information content (AvgIpc) is 2.68. The maximum absolute atomic E-state index is 12.1. The number of guanidine groups is 1. The summed E-state index contributed by atoms with van der Waals surface area (Å²) in [7, 11) is -1.79. The van der Waals surface area contributed by atoms with E-state index in [1.807, 2.05) is 18.2 Å². The van der Waals surface area contributed by atoms with Gasteiger partial charge in [-0.2, -0.15) is 0 Å². The zero-order chi connectivity index (χ0) is 18.8. The van der Waals surface area contributed by atoms with Crippen LogP contribution in [0, 0.1) is 0 Å². The highest BCUT2D eigenvalue weighted by atomic mass is 32.2. The second kappa shape index (κ2) is 9.94. The Kier molecular flexibility index (Phi) is 7.62. The second-order valence-corrected chi connectivity index (χ2v) is 7.67. The molecule has 1 atom stereocenters. The van der Waals surface area contributed by atoms with Crippen molar-refractivity contribution in [3.05, 3.63) is 66.2 Å². The number of rotatable bonds is 8. The summed E-state index contributed by atoms with van der Waals surface area (Å²) >= 11 is 0. The molecule has 3 N–H and O–H groups in total. The zero-order valence-electron chi connectivity index (χ0n) is 15.1. The molecule has 2 aromatic carbocycles. The predicted molar refractivity (Wildman–Crippen MR) is 106 cm³/mol. The molecule has 0 radical (unpaired) electrons. The largest absolute Gasteiger partial charge is 0.356 e. The van der Waals surface area contributed by atoms with E-state index < -0.39 is 10.0 Å². The monoisotopic (exact) mass is 374 g/mol. The third kappa shape index (κ3) is 6.16. The molecule has 2 aromatic rings. The van der Waals surface area contributed by atoms with Crippen molar-refractivity contribution >= 4 is 16.0 Å². The minimum atomic E-state index is -3.48. The van der Waals surface area contributed by atoms with Gasteiger partial charge in [0, 0.05) is 26.7 Å². The molecule has 0 aliphatic rings. The molecule has 6 nitrogen and oxygen atoms in total. The van der Waals surface area contributed by atoms with Crippen molar-refractivity contribution in [2.24, 2.45) is 4.99 Å². The van der Waals surface area contributed by atoms with Crippen molar-refractivity contribution in [1.29, 1.82) is 0 Å². The predicted octanol–water partition coefficient (Wildman–Crippen LogP) is 1.93. The number of nitrogens with one attached hydrogen (secondary N) is 3. The van der Waals surface area contributed by atoms with E-state index in [9.17, 15) is 8.42 Å². The summed E-state index contributed by atoms with van der Waals surface area (Å²) in [5, 5.41) is 6.37. The lowest BCUT2D eigenvalue weighted by atomic mass is 10.0. The molecule has 140 valence electrons. The summed E-state index contributed by atoms with van der Waals surface area (Å²) in [6.45, 7) is 3.58. The van der Waals surface area contributed by atoms with Gasteiger partial charge in [-0.25, -0.2) is 13.1 Å². The normalized spacial score (nSPS) is 13.2. The van der Waals surface area contributed by atoms with Gasteiger partial charge in [0.15, 0.2) is 5.96 Å². The van der Waals surface area contributed by atoms with Crippen LogP contribution in [0.4, 0.5) is 0 Å². The van der Waals surface area contributed by atoms with Crippen LogP contribution in [0.3, 0.4) is 0 Å². The Hall–Kier alpha value is -2.38. The zero-order valence-corrected chi connectivity index (χ0v) is 16.0. The Labute approximate surface area is 155 Å². The van der Waals surface area contributed by atoms with Gasteiger partial charge < -0.3 is 10.6 Å². The first kappa shape index (κ1) is 19.9. The molecular weight excluding hydrogens is 348 g/mol. The lowest BCUT2D eigenvalue weighted by molar-refractivity contribution is 0.580. The summed E-state index contributed by atoms with van der Waals surface area (Å²) in [6.07, 6.45) is 0. The van der Waals surface area contributed by atoms with Gasteiger partial charge in [-0.1, -0.05) is 55.5 Å². The molecule has 0 bridgehead atoms. The van der Waals surface area contributed by atoms with Crippen LogP contribution in [-0.2, 0) is 10.0 Å². The van der Waals surface area contributed by atoms with Gasteiger partial charge in [0.25, 0.3) is 0 Å². The van der Waals surface area contributed by atoms with E-state index in [0.29, 0.717) is 18.4 Å². The molecule has 2 rings (SSSR count). The van der Waals surface area contributed by atoms with Crippen LogP contribution in [0.5, 0.6) is 0 Å². The van der Waals surface area contributed by atoms with Crippen LogP contribution in [0.25, 0.3) is 0 Å². The summed E-state index contributed by atoms with van der Waals surface area (Å²) in [4.78, 5) is 4.43. The molecule has 0 aliphatic heterocycles. The molecule has 0 spiro atoms. The van der Waals surface area contributed by atoms with Gasteiger partial charge in [-0.3, -0.25) is 4.99 Å². The van der Waals surface area contributed by atoms with Gasteiger partial charge in [0.05, 0.1) is 4.90 Å². The van der Waals surface area contributed by atoms with E-state index in [1.165, 1.54) is 5.56 Å². The highest BCUT2D eigenvalue weighted by molar-refractivity contribution is 7.89. The van der Waals surface area contributed by atoms with E-state index in [1.54, 1.807) is 37.4 Å².